The Kier molecular flexibility index (Phi) is 4.81. The van der Waals surface area contributed by atoms with Gasteiger partial charge >= 0.3 is 0 Å². The number of carbonyl (C=O) groups is 1. The molecule has 0 aromatic carbocycles. The molecule has 0 aliphatic carbocycles. The molecule has 2 fully saturated rings. The number of carbonyl (C=O) groups excluding carboxylic acids is 1. The smallest absolute Gasteiger partial charge is 0.218 e. The minimum atomic E-state index is -3.16. The van der Waals surface area contributed by atoms with Gasteiger partial charge in [0.15, 0.2) is 9.84 Å². The number of fused-ring (bicyclic) bond motifs is 2. The topological polar surface area (TPSA) is 92.5 Å². The summed E-state index contributed by atoms with van der Waals surface area (Å²) in [6.07, 6.45) is 3.46. The first-order valence-corrected chi connectivity index (χ1v) is 8.74. The molecule has 0 spiro atoms. The summed E-state index contributed by atoms with van der Waals surface area (Å²) in [5.74, 6) is -0.558. The number of hydrogen-bond acceptors (Lipinski definition) is 5. The van der Waals surface area contributed by atoms with Gasteiger partial charge in [0, 0.05) is 31.6 Å². The first-order valence-electron chi connectivity index (χ1n) is 6.92. The largest absolute Gasteiger partial charge is 0.370 e. The molecule has 0 saturated carbocycles. The van der Waals surface area contributed by atoms with Crippen LogP contribution in [0.1, 0.15) is 25.7 Å². The fourth-order valence-electron chi connectivity index (χ4n) is 2.84. The average molecular weight is 289 g/mol. The van der Waals surface area contributed by atoms with E-state index in [1.54, 1.807) is 0 Å². The zero-order valence-electron chi connectivity index (χ0n) is 11.2. The third-order valence-corrected chi connectivity index (χ3v) is 5.62. The fourth-order valence-corrected chi connectivity index (χ4v) is 4.10. The molecule has 2 rings (SSSR count). The van der Waals surface area contributed by atoms with Gasteiger partial charge in [-0.2, -0.15) is 0 Å². The first-order chi connectivity index (χ1) is 8.94. The summed E-state index contributed by atoms with van der Waals surface area (Å²) >= 11 is 0. The average Bonchev–Trinajstić information content (AvgIpc) is 2.66. The van der Waals surface area contributed by atoms with E-state index in [-0.39, 0.29) is 17.9 Å². The van der Waals surface area contributed by atoms with Gasteiger partial charge < -0.3 is 16.0 Å². The Morgan fingerprint density at radius 1 is 1.21 bits per heavy atom. The molecule has 2 aliphatic rings. The third-order valence-electron chi connectivity index (χ3n) is 3.99. The lowest BCUT2D eigenvalue weighted by atomic mass is 10.1. The van der Waals surface area contributed by atoms with E-state index in [0.29, 0.717) is 18.6 Å². The lowest BCUT2D eigenvalue weighted by molar-refractivity contribution is -0.117. The summed E-state index contributed by atoms with van der Waals surface area (Å²) in [6.45, 7) is 2.45. The summed E-state index contributed by atoms with van der Waals surface area (Å²) in [7, 11) is -3.16. The molecule has 2 aliphatic heterocycles. The maximum atomic E-state index is 11.8. The third kappa shape index (κ3) is 4.74. The summed E-state index contributed by atoms with van der Waals surface area (Å²) in [5, 5.41) is 3.57. The molecule has 0 radical (unpaired) electrons. The molecular weight excluding hydrogens is 266 g/mol. The van der Waals surface area contributed by atoms with E-state index in [4.69, 9.17) is 5.73 Å². The van der Waals surface area contributed by atoms with Gasteiger partial charge in [0.25, 0.3) is 0 Å². The normalized spacial score (nSPS) is 28.2. The summed E-state index contributed by atoms with van der Waals surface area (Å²) in [6, 6.07) is 1.13. The second-order valence-corrected chi connectivity index (χ2v) is 7.90. The van der Waals surface area contributed by atoms with Crippen LogP contribution in [-0.4, -0.2) is 62.4 Å². The Bertz CT molecular complexity index is 424. The standard InChI is InChI=1S/C12H23N3O3S/c13-12(16)4-7-19(17,18)8-6-15-5-3-10-1-2-11(9-15)14-10/h10-11,14H,1-9H2,(H2,13,16). The number of primary amides is 1. The predicted octanol–water partition coefficient (Wildman–Crippen LogP) is -0.897. The SMILES string of the molecule is NC(=O)CCS(=O)(=O)CCN1CCC2CCC(C1)N2. The quantitative estimate of drug-likeness (QED) is 0.661. The summed E-state index contributed by atoms with van der Waals surface area (Å²) in [5.41, 5.74) is 4.98. The zero-order valence-corrected chi connectivity index (χ0v) is 12.0. The van der Waals surface area contributed by atoms with Crippen LogP contribution in [0.3, 0.4) is 0 Å². The van der Waals surface area contributed by atoms with Gasteiger partial charge in [-0.25, -0.2) is 8.42 Å². The summed E-state index contributed by atoms with van der Waals surface area (Å²) in [4.78, 5) is 12.8. The van der Waals surface area contributed by atoms with Crippen LogP contribution < -0.4 is 11.1 Å². The zero-order chi connectivity index (χ0) is 13.9. The van der Waals surface area contributed by atoms with E-state index in [0.717, 1.165) is 19.5 Å². The van der Waals surface area contributed by atoms with Crippen molar-refractivity contribution in [3.8, 4) is 0 Å². The number of likely N-dealkylation sites (tertiary alicyclic amines) is 1. The van der Waals surface area contributed by atoms with Crippen LogP contribution in [0.4, 0.5) is 0 Å². The number of nitrogens with zero attached hydrogens (tertiary/aromatic N) is 1. The van der Waals surface area contributed by atoms with Gasteiger partial charge in [0.1, 0.15) is 0 Å². The Balaban J connectivity index is 1.76. The molecule has 2 unspecified atom stereocenters. The van der Waals surface area contributed by atoms with Crippen molar-refractivity contribution in [3.63, 3.8) is 0 Å². The molecule has 2 saturated heterocycles. The van der Waals surface area contributed by atoms with Crippen LogP contribution >= 0.6 is 0 Å². The monoisotopic (exact) mass is 289 g/mol. The number of hydrogen-bond donors (Lipinski definition) is 2. The number of nitrogens with one attached hydrogen (secondary N) is 1. The number of sulfone groups is 1. The molecule has 2 atom stereocenters. The fraction of sp³-hybridized carbons (Fsp3) is 0.917. The van der Waals surface area contributed by atoms with Gasteiger partial charge in [-0.1, -0.05) is 0 Å². The molecule has 7 heteroatoms. The van der Waals surface area contributed by atoms with Crippen LogP contribution in [-0.2, 0) is 14.6 Å². The van der Waals surface area contributed by atoms with Crippen LogP contribution in [0, 0.1) is 0 Å². The van der Waals surface area contributed by atoms with Crippen molar-refractivity contribution < 1.29 is 13.2 Å². The van der Waals surface area contributed by atoms with Crippen molar-refractivity contribution in [2.24, 2.45) is 5.73 Å². The highest BCUT2D eigenvalue weighted by Crippen LogP contribution is 2.20. The minimum Gasteiger partial charge on any atom is -0.370 e. The van der Waals surface area contributed by atoms with Crippen LogP contribution in [0.5, 0.6) is 0 Å². The van der Waals surface area contributed by atoms with Crippen molar-refractivity contribution in [2.45, 2.75) is 37.8 Å². The molecule has 19 heavy (non-hydrogen) atoms. The molecule has 2 heterocycles. The van der Waals surface area contributed by atoms with Crippen LogP contribution in [0.15, 0.2) is 0 Å². The van der Waals surface area contributed by atoms with E-state index < -0.39 is 15.7 Å². The van der Waals surface area contributed by atoms with Crippen molar-refractivity contribution in [1.82, 2.24) is 10.2 Å². The maximum Gasteiger partial charge on any atom is 0.218 e. The minimum absolute atomic E-state index is 0.0748. The molecule has 0 aromatic rings. The lowest BCUT2D eigenvalue weighted by Crippen LogP contribution is -2.38. The van der Waals surface area contributed by atoms with E-state index >= 15 is 0 Å². The van der Waals surface area contributed by atoms with E-state index in [1.165, 1.54) is 12.8 Å². The first kappa shape index (κ1) is 14.7. The molecule has 1 amide bonds. The van der Waals surface area contributed by atoms with Gasteiger partial charge in [0.2, 0.25) is 5.91 Å². The van der Waals surface area contributed by atoms with Gasteiger partial charge in [-0.3, -0.25) is 4.79 Å². The Labute approximate surface area is 114 Å². The van der Waals surface area contributed by atoms with E-state index in [9.17, 15) is 13.2 Å². The lowest BCUT2D eigenvalue weighted by Gasteiger charge is -2.23. The highest BCUT2D eigenvalue weighted by atomic mass is 32.2. The van der Waals surface area contributed by atoms with Crippen LogP contribution in [0.25, 0.3) is 0 Å². The van der Waals surface area contributed by atoms with Gasteiger partial charge in [-0.05, 0) is 25.8 Å². The predicted molar refractivity (Wildman–Crippen MR) is 73.5 cm³/mol. The van der Waals surface area contributed by atoms with Gasteiger partial charge in [-0.15, -0.1) is 0 Å². The van der Waals surface area contributed by atoms with Crippen molar-refractivity contribution >= 4 is 15.7 Å². The number of nitrogens with two attached hydrogens (primary N) is 1. The Morgan fingerprint density at radius 2 is 1.95 bits per heavy atom. The second kappa shape index (κ2) is 6.19. The Hall–Kier alpha value is -0.660. The number of rotatable bonds is 6. The summed E-state index contributed by atoms with van der Waals surface area (Å²) < 4.78 is 23.5. The van der Waals surface area contributed by atoms with Gasteiger partial charge in [0.05, 0.1) is 11.5 Å². The van der Waals surface area contributed by atoms with Crippen molar-refractivity contribution in [2.75, 3.05) is 31.1 Å². The molecule has 3 N–H and O–H groups in total. The molecular formula is C12H23N3O3S. The van der Waals surface area contributed by atoms with Crippen molar-refractivity contribution in [3.05, 3.63) is 0 Å². The second-order valence-electron chi connectivity index (χ2n) is 5.60. The number of amides is 1. The molecule has 6 nitrogen and oxygen atoms in total. The molecule has 2 bridgehead atoms. The highest BCUT2D eigenvalue weighted by molar-refractivity contribution is 7.91. The molecule has 0 aromatic heterocycles. The van der Waals surface area contributed by atoms with Crippen molar-refractivity contribution in [1.29, 1.82) is 0 Å². The Morgan fingerprint density at radius 3 is 2.68 bits per heavy atom. The van der Waals surface area contributed by atoms with E-state index in [2.05, 4.69) is 10.2 Å². The van der Waals surface area contributed by atoms with E-state index in [1.807, 2.05) is 0 Å². The maximum absolute atomic E-state index is 11.8. The van der Waals surface area contributed by atoms with Crippen LogP contribution in [0.2, 0.25) is 0 Å². The molecule has 110 valence electrons. The highest BCUT2D eigenvalue weighted by Gasteiger charge is 2.29.